The summed E-state index contributed by atoms with van der Waals surface area (Å²) in [5.41, 5.74) is 0.608. The molecule has 0 unspecified atom stereocenters. The molecule has 0 aromatic heterocycles. The Bertz CT molecular complexity index is 508. The lowest BCUT2D eigenvalue weighted by Crippen LogP contribution is -2.09. The molecule has 0 saturated carbocycles. The van der Waals surface area contributed by atoms with E-state index < -0.39 is 20.0 Å². The first-order valence-corrected chi connectivity index (χ1v) is 7.90. The molecule has 1 aromatic carbocycles. The van der Waals surface area contributed by atoms with Crippen molar-refractivity contribution in [3.63, 3.8) is 0 Å². The molecular weight excluding hydrogens is 252 g/mol. The number of rotatable bonds is 4. The maximum Gasteiger partial charge on any atom is 0.229 e. The molecule has 0 bridgehead atoms. The maximum atomic E-state index is 10.9. The van der Waals surface area contributed by atoms with Gasteiger partial charge in [0.1, 0.15) is 0 Å². The van der Waals surface area contributed by atoms with E-state index in [1.54, 1.807) is 0 Å². The van der Waals surface area contributed by atoms with Crippen molar-refractivity contribution in [2.45, 2.75) is 0 Å². The zero-order valence-corrected chi connectivity index (χ0v) is 10.3. The molecule has 0 heterocycles. The van der Waals surface area contributed by atoms with Crippen LogP contribution in [0.5, 0.6) is 0 Å². The fraction of sp³-hybridized carbons (Fsp3) is 0.250. The van der Waals surface area contributed by atoms with Crippen LogP contribution in [0, 0.1) is 0 Å². The van der Waals surface area contributed by atoms with Gasteiger partial charge in [-0.15, -0.1) is 5.69 Å². The van der Waals surface area contributed by atoms with Gasteiger partial charge in [-0.1, -0.05) is 12.1 Å². The molecule has 0 atom stereocenters. The van der Waals surface area contributed by atoms with E-state index in [9.17, 15) is 16.8 Å². The monoisotopic (exact) mass is 263 g/mol. The van der Waals surface area contributed by atoms with Crippen LogP contribution in [0.15, 0.2) is 24.3 Å². The molecule has 0 spiro atoms. The molecule has 16 heavy (non-hydrogen) atoms. The Balaban J connectivity index is 2.84. The molecule has 1 aromatic rings. The summed E-state index contributed by atoms with van der Waals surface area (Å²) in [7, 11) is -6.76. The van der Waals surface area contributed by atoms with E-state index in [4.69, 9.17) is 0 Å². The summed E-state index contributed by atoms with van der Waals surface area (Å²) in [4.78, 5) is 0. The summed E-state index contributed by atoms with van der Waals surface area (Å²) >= 11 is 0. The van der Waals surface area contributed by atoms with Crippen LogP contribution < -0.4 is 4.72 Å². The molecule has 0 aliphatic heterocycles. The van der Waals surface area contributed by atoms with E-state index in [1.807, 2.05) is 0 Å². The van der Waals surface area contributed by atoms with Crippen LogP contribution in [0.25, 0.3) is 4.72 Å². The standard InChI is InChI=1S/C8H11N2O4S2/c1-15(11,12)9-7-3-5-8(6-4-7)10-16(2,13)14/h3-6,9H,1-2H3/q-1. The Labute approximate surface area is 94.8 Å². The van der Waals surface area contributed by atoms with Crippen molar-refractivity contribution in [3.8, 4) is 0 Å². The fourth-order valence-corrected chi connectivity index (χ4v) is 2.06. The second-order valence-corrected chi connectivity index (χ2v) is 6.64. The Kier molecular flexibility index (Phi) is 3.44. The summed E-state index contributed by atoms with van der Waals surface area (Å²) in [6, 6.07) is 5.69. The number of hydrogen-bond acceptors (Lipinski definition) is 4. The van der Waals surface area contributed by atoms with Crippen molar-refractivity contribution in [2.75, 3.05) is 17.2 Å². The average molecular weight is 263 g/mol. The van der Waals surface area contributed by atoms with Gasteiger partial charge in [0.25, 0.3) is 0 Å². The van der Waals surface area contributed by atoms with Gasteiger partial charge in [-0.2, -0.15) is 0 Å². The summed E-state index contributed by atoms with van der Waals surface area (Å²) in [6.45, 7) is 0. The van der Waals surface area contributed by atoms with Crippen molar-refractivity contribution in [1.29, 1.82) is 0 Å². The summed E-state index contributed by atoms with van der Waals surface area (Å²) in [6.07, 6.45) is 2.01. The van der Waals surface area contributed by atoms with Crippen LogP contribution in [0.3, 0.4) is 0 Å². The molecule has 0 aliphatic rings. The Hall–Kier alpha value is -1.28. The minimum Gasteiger partial charge on any atom is -0.577 e. The predicted octanol–water partition coefficient (Wildman–Crippen LogP) is 1.02. The van der Waals surface area contributed by atoms with E-state index >= 15 is 0 Å². The highest BCUT2D eigenvalue weighted by Gasteiger charge is 1.99. The normalized spacial score (nSPS) is 12.1. The second-order valence-electron chi connectivity index (χ2n) is 3.25. The zero-order valence-electron chi connectivity index (χ0n) is 8.71. The van der Waals surface area contributed by atoms with Crippen molar-refractivity contribution in [2.24, 2.45) is 0 Å². The maximum absolute atomic E-state index is 10.9. The largest absolute Gasteiger partial charge is 0.577 e. The van der Waals surface area contributed by atoms with Crippen LogP contribution in [-0.4, -0.2) is 29.3 Å². The molecule has 8 heteroatoms. The van der Waals surface area contributed by atoms with Crippen LogP contribution in [-0.2, 0) is 20.0 Å². The van der Waals surface area contributed by atoms with E-state index in [2.05, 4.69) is 9.44 Å². The Morgan fingerprint density at radius 2 is 1.50 bits per heavy atom. The minimum atomic E-state index is -3.44. The van der Waals surface area contributed by atoms with Crippen LogP contribution in [0.4, 0.5) is 11.4 Å². The Morgan fingerprint density at radius 1 is 1.00 bits per heavy atom. The quantitative estimate of drug-likeness (QED) is 0.877. The van der Waals surface area contributed by atoms with E-state index in [0.717, 1.165) is 12.5 Å². The lowest BCUT2D eigenvalue weighted by Gasteiger charge is -2.18. The highest BCUT2D eigenvalue weighted by atomic mass is 32.2. The van der Waals surface area contributed by atoms with Gasteiger partial charge in [-0.05, 0) is 12.1 Å². The van der Waals surface area contributed by atoms with E-state index in [-0.39, 0.29) is 5.69 Å². The smallest absolute Gasteiger partial charge is 0.229 e. The molecule has 6 nitrogen and oxygen atoms in total. The SMILES string of the molecule is CS(=O)(=O)[N-]c1ccc(NS(C)(=O)=O)cc1. The lowest BCUT2D eigenvalue weighted by atomic mass is 10.3. The third kappa shape index (κ3) is 4.99. The van der Waals surface area contributed by atoms with Gasteiger partial charge in [0.15, 0.2) is 0 Å². The lowest BCUT2D eigenvalue weighted by molar-refractivity contribution is 0.605. The predicted molar refractivity (Wildman–Crippen MR) is 62.8 cm³/mol. The molecule has 0 fully saturated rings. The fourth-order valence-electron chi connectivity index (χ4n) is 0.996. The van der Waals surface area contributed by atoms with Crippen LogP contribution >= 0.6 is 0 Å². The third-order valence-electron chi connectivity index (χ3n) is 1.44. The summed E-state index contributed by atoms with van der Waals surface area (Å²) in [5.74, 6) is 0. The second kappa shape index (κ2) is 4.30. The molecule has 0 saturated heterocycles. The molecular formula is C8H11N2O4S2-. The number of sulfonamides is 2. The number of nitrogens with zero attached hydrogens (tertiary/aromatic N) is 1. The van der Waals surface area contributed by atoms with Gasteiger partial charge < -0.3 is 4.72 Å². The van der Waals surface area contributed by atoms with Crippen molar-refractivity contribution in [1.82, 2.24) is 0 Å². The van der Waals surface area contributed by atoms with Crippen LogP contribution in [0.1, 0.15) is 0 Å². The number of anilines is 1. The van der Waals surface area contributed by atoms with Crippen LogP contribution in [0.2, 0.25) is 0 Å². The highest BCUT2D eigenvalue weighted by molar-refractivity contribution is 7.93. The highest BCUT2D eigenvalue weighted by Crippen LogP contribution is 2.23. The van der Waals surface area contributed by atoms with Crippen molar-refractivity contribution >= 4 is 31.4 Å². The van der Waals surface area contributed by atoms with Gasteiger partial charge in [0.2, 0.25) is 10.0 Å². The molecule has 0 aliphatic carbocycles. The van der Waals surface area contributed by atoms with Gasteiger partial charge in [-0.25, -0.2) is 16.8 Å². The molecule has 0 amide bonds. The first kappa shape index (κ1) is 12.8. The van der Waals surface area contributed by atoms with Gasteiger partial charge in [0, 0.05) is 11.9 Å². The first-order valence-electron chi connectivity index (χ1n) is 4.16. The molecule has 1 N–H and O–H groups in total. The number of hydrogen-bond donors (Lipinski definition) is 1. The topological polar surface area (TPSA) is 94.4 Å². The van der Waals surface area contributed by atoms with E-state index in [1.165, 1.54) is 24.3 Å². The molecule has 90 valence electrons. The first-order chi connectivity index (χ1) is 7.16. The Morgan fingerprint density at radius 3 is 1.88 bits per heavy atom. The van der Waals surface area contributed by atoms with Gasteiger partial charge in [0.05, 0.1) is 16.3 Å². The molecule has 0 radical (unpaired) electrons. The average Bonchev–Trinajstić information content (AvgIpc) is 2.03. The summed E-state index contributed by atoms with van der Waals surface area (Å²) < 4.78 is 49.1. The third-order valence-corrected chi connectivity index (χ3v) is 2.59. The van der Waals surface area contributed by atoms with Gasteiger partial charge >= 0.3 is 0 Å². The summed E-state index contributed by atoms with van der Waals surface area (Å²) in [5, 5.41) is 0. The van der Waals surface area contributed by atoms with E-state index in [0.29, 0.717) is 5.69 Å². The molecule has 1 rings (SSSR count). The van der Waals surface area contributed by atoms with Crippen molar-refractivity contribution < 1.29 is 16.8 Å². The van der Waals surface area contributed by atoms with Gasteiger partial charge in [-0.3, -0.25) is 4.72 Å². The van der Waals surface area contributed by atoms with Crippen molar-refractivity contribution in [3.05, 3.63) is 29.0 Å². The minimum absolute atomic E-state index is 0.251. The zero-order chi connectivity index (χ0) is 12.4. The number of benzene rings is 1. The number of nitrogens with one attached hydrogen (secondary N) is 1.